The quantitative estimate of drug-likeness (QED) is 0.479. The van der Waals surface area contributed by atoms with Crippen LogP contribution in [0.3, 0.4) is 0 Å². The van der Waals surface area contributed by atoms with Crippen LogP contribution in [0.15, 0.2) is 0 Å². The van der Waals surface area contributed by atoms with Gasteiger partial charge in [-0.1, -0.05) is 0 Å². The van der Waals surface area contributed by atoms with Crippen molar-refractivity contribution < 1.29 is 14.3 Å². The number of rotatable bonds is 5. The Balaban J connectivity index is 1.98. The lowest BCUT2D eigenvalue weighted by Gasteiger charge is -2.26. The Morgan fingerprint density at radius 1 is 1.31 bits per heavy atom. The van der Waals surface area contributed by atoms with E-state index < -0.39 is 11.9 Å². The number of primary amides is 1. The summed E-state index contributed by atoms with van der Waals surface area (Å²) in [5, 5.41) is 4.92. The van der Waals surface area contributed by atoms with E-state index in [9.17, 15) is 9.59 Å². The van der Waals surface area contributed by atoms with Gasteiger partial charge in [0.2, 0.25) is 5.91 Å². The maximum Gasteiger partial charge on any atom is 0.318 e. The van der Waals surface area contributed by atoms with Crippen molar-refractivity contribution in [2.24, 2.45) is 5.73 Å². The highest BCUT2D eigenvalue weighted by Gasteiger charge is 2.09. The number of hydrogen-bond acceptors (Lipinski definition) is 5. The molecule has 7 heteroatoms. The molecule has 0 aromatic heterocycles. The summed E-state index contributed by atoms with van der Waals surface area (Å²) in [4.78, 5) is 23.6. The number of amides is 3. The lowest BCUT2D eigenvalue weighted by molar-refractivity contribution is -0.119. The second-order valence-corrected chi connectivity index (χ2v) is 3.54. The minimum atomic E-state index is -0.819. The highest BCUT2D eigenvalue weighted by atomic mass is 16.5. The summed E-state index contributed by atoms with van der Waals surface area (Å²) in [6, 6.07) is -0.819. The highest BCUT2D eigenvalue weighted by Crippen LogP contribution is 1.94. The number of urea groups is 1. The summed E-state index contributed by atoms with van der Waals surface area (Å²) in [6.45, 7) is 5.06. The predicted octanol–water partition coefficient (Wildman–Crippen LogP) is -1.90. The van der Waals surface area contributed by atoms with E-state index in [-0.39, 0.29) is 6.54 Å². The summed E-state index contributed by atoms with van der Waals surface area (Å²) < 4.78 is 5.21. The van der Waals surface area contributed by atoms with E-state index in [1.54, 1.807) is 0 Å². The average molecular weight is 230 g/mol. The van der Waals surface area contributed by atoms with E-state index >= 15 is 0 Å². The lowest BCUT2D eigenvalue weighted by atomic mass is 10.4. The van der Waals surface area contributed by atoms with E-state index in [0.29, 0.717) is 6.54 Å². The fourth-order valence-electron chi connectivity index (χ4n) is 1.45. The molecule has 4 N–H and O–H groups in total. The van der Waals surface area contributed by atoms with Crippen molar-refractivity contribution in [2.45, 2.75) is 0 Å². The van der Waals surface area contributed by atoms with Gasteiger partial charge < -0.3 is 15.8 Å². The SMILES string of the molecule is NC(=O)NC(=O)CNCCN1CCOCC1. The van der Waals surface area contributed by atoms with Crippen LogP contribution in [-0.4, -0.2) is 62.8 Å². The number of nitrogens with one attached hydrogen (secondary N) is 2. The average Bonchev–Trinajstić information content (AvgIpc) is 2.25. The maximum atomic E-state index is 11.0. The van der Waals surface area contributed by atoms with Crippen LogP contribution in [-0.2, 0) is 9.53 Å². The second-order valence-electron chi connectivity index (χ2n) is 3.54. The summed E-state index contributed by atoms with van der Waals surface area (Å²) >= 11 is 0. The molecule has 0 unspecified atom stereocenters. The van der Waals surface area contributed by atoms with Crippen molar-refractivity contribution in [2.75, 3.05) is 45.9 Å². The van der Waals surface area contributed by atoms with Crippen molar-refractivity contribution in [1.82, 2.24) is 15.5 Å². The van der Waals surface area contributed by atoms with Gasteiger partial charge in [-0.3, -0.25) is 15.0 Å². The van der Waals surface area contributed by atoms with Crippen LogP contribution in [0.25, 0.3) is 0 Å². The summed E-state index contributed by atoms with van der Waals surface area (Å²) in [5.74, 6) is -0.408. The van der Waals surface area contributed by atoms with Gasteiger partial charge in [0.1, 0.15) is 0 Å². The van der Waals surface area contributed by atoms with Gasteiger partial charge in [0.05, 0.1) is 19.8 Å². The molecule has 1 fully saturated rings. The number of carbonyl (C=O) groups is 2. The molecule has 0 aromatic carbocycles. The lowest BCUT2D eigenvalue weighted by Crippen LogP contribution is -2.44. The summed E-state index contributed by atoms with van der Waals surface area (Å²) in [6.07, 6.45) is 0. The Bertz CT molecular complexity index is 241. The highest BCUT2D eigenvalue weighted by molar-refractivity contribution is 5.94. The van der Waals surface area contributed by atoms with Crippen LogP contribution < -0.4 is 16.4 Å². The Morgan fingerprint density at radius 2 is 2.00 bits per heavy atom. The molecular weight excluding hydrogens is 212 g/mol. The Morgan fingerprint density at radius 3 is 2.62 bits per heavy atom. The number of nitrogens with two attached hydrogens (primary N) is 1. The zero-order valence-corrected chi connectivity index (χ0v) is 9.20. The van der Waals surface area contributed by atoms with Crippen molar-refractivity contribution in [1.29, 1.82) is 0 Å². The molecule has 0 spiro atoms. The first kappa shape index (κ1) is 12.9. The van der Waals surface area contributed by atoms with Gasteiger partial charge >= 0.3 is 6.03 Å². The first-order valence-electron chi connectivity index (χ1n) is 5.28. The fraction of sp³-hybridized carbons (Fsp3) is 0.778. The molecule has 7 nitrogen and oxygen atoms in total. The van der Waals surface area contributed by atoms with Crippen molar-refractivity contribution in [3.05, 3.63) is 0 Å². The molecule has 1 saturated heterocycles. The van der Waals surface area contributed by atoms with Gasteiger partial charge in [-0.25, -0.2) is 4.79 Å². The standard InChI is InChI=1S/C9H18N4O3/c10-9(15)12-8(14)7-11-1-2-13-3-5-16-6-4-13/h11H,1-7H2,(H3,10,12,14,15). The molecule has 1 heterocycles. The molecule has 0 radical (unpaired) electrons. The topological polar surface area (TPSA) is 96.7 Å². The molecule has 1 rings (SSSR count). The van der Waals surface area contributed by atoms with Gasteiger partial charge in [0.15, 0.2) is 0 Å². The largest absolute Gasteiger partial charge is 0.379 e. The first-order valence-corrected chi connectivity index (χ1v) is 5.28. The third kappa shape index (κ3) is 5.64. The zero-order valence-electron chi connectivity index (χ0n) is 9.20. The third-order valence-electron chi connectivity index (χ3n) is 2.26. The third-order valence-corrected chi connectivity index (χ3v) is 2.26. The maximum absolute atomic E-state index is 11.0. The minimum Gasteiger partial charge on any atom is -0.379 e. The van der Waals surface area contributed by atoms with E-state index in [4.69, 9.17) is 10.5 Å². The van der Waals surface area contributed by atoms with Crippen LogP contribution in [0.4, 0.5) is 4.79 Å². The molecular formula is C9H18N4O3. The first-order chi connectivity index (χ1) is 7.68. The van der Waals surface area contributed by atoms with Gasteiger partial charge in [-0.2, -0.15) is 0 Å². The molecule has 16 heavy (non-hydrogen) atoms. The number of hydrogen-bond donors (Lipinski definition) is 3. The van der Waals surface area contributed by atoms with Gasteiger partial charge in [-0.05, 0) is 0 Å². The molecule has 0 atom stereocenters. The molecule has 0 bridgehead atoms. The smallest absolute Gasteiger partial charge is 0.318 e. The molecule has 1 aliphatic rings. The molecule has 1 aliphatic heterocycles. The monoisotopic (exact) mass is 230 g/mol. The minimum absolute atomic E-state index is 0.104. The second kappa shape index (κ2) is 7.15. The van der Waals surface area contributed by atoms with Crippen LogP contribution in [0.1, 0.15) is 0 Å². The Hall–Kier alpha value is -1.18. The zero-order chi connectivity index (χ0) is 11.8. The van der Waals surface area contributed by atoms with Crippen LogP contribution in [0.5, 0.6) is 0 Å². The predicted molar refractivity (Wildman–Crippen MR) is 57.9 cm³/mol. The van der Waals surface area contributed by atoms with E-state index in [1.165, 1.54) is 0 Å². The summed E-state index contributed by atoms with van der Waals surface area (Å²) in [7, 11) is 0. The molecule has 0 saturated carbocycles. The molecule has 0 aromatic rings. The van der Waals surface area contributed by atoms with Crippen LogP contribution >= 0.6 is 0 Å². The van der Waals surface area contributed by atoms with Crippen molar-refractivity contribution >= 4 is 11.9 Å². The molecule has 3 amide bonds. The summed E-state index contributed by atoms with van der Waals surface area (Å²) in [5.41, 5.74) is 4.79. The number of ether oxygens (including phenoxy) is 1. The number of morpholine rings is 1. The molecule has 0 aliphatic carbocycles. The number of nitrogens with zero attached hydrogens (tertiary/aromatic N) is 1. The van der Waals surface area contributed by atoms with E-state index in [2.05, 4.69) is 10.2 Å². The van der Waals surface area contributed by atoms with E-state index in [0.717, 1.165) is 32.8 Å². The van der Waals surface area contributed by atoms with Gasteiger partial charge in [0.25, 0.3) is 0 Å². The van der Waals surface area contributed by atoms with Crippen molar-refractivity contribution in [3.63, 3.8) is 0 Å². The van der Waals surface area contributed by atoms with Crippen LogP contribution in [0, 0.1) is 0 Å². The number of imide groups is 1. The van der Waals surface area contributed by atoms with Gasteiger partial charge in [0, 0.05) is 26.2 Å². The van der Waals surface area contributed by atoms with Gasteiger partial charge in [-0.15, -0.1) is 0 Å². The van der Waals surface area contributed by atoms with Crippen LogP contribution in [0.2, 0.25) is 0 Å². The normalized spacial score (nSPS) is 17.0. The van der Waals surface area contributed by atoms with Crippen molar-refractivity contribution in [3.8, 4) is 0 Å². The number of carbonyl (C=O) groups excluding carboxylic acids is 2. The molecule has 92 valence electrons. The fourth-order valence-corrected chi connectivity index (χ4v) is 1.45. The Labute approximate surface area is 94.3 Å². The van der Waals surface area contributed by atoms with E-state index in [1.807, 2.05) is 5.32 Å². The Kier molecular flexibility index (Phi) is 5.76.